The molecule has 1 N–H and O–H groups in total. The summed E-state index contributed by atoms with van der Waals surface area (Å²) in [5, 5.41) is 13.4. The maximum atomic E-state index is 11.3. The van der Waals surface area contributed by atoms with Crippen molar-refractivity contribution in [3.05, 3.63) is 22.6 Å². The van der Waals surface area contributed by atoms with Gasteiger partial charge in [-0.1, -0.05) is 17.3 Å². The van der Waals surface area contributed by atoms with Crippen LogP contribution in [-0.4, -0.2) is 48.2 Å². The van der Waals surface area contributed by atoms with Crippen LogP contribution in [0.5, 0.6) is 0 Å². The van der Waals surface area contributed by atoms with E-state index in [4.69, 9.17) is 19.7 Å². The van der Waals surface area contributed by atoms with Crippen molar-refractivity contribution in [2.24, 2.45) is 11.0 Å². The standard InChI is InChI=1S/C13H19N3O6/c1-4-5-9-10(6-20-7(2)17)22-13(19)11(15-16-14)12(9)21-8(3)18/h4-5,9-13,19H,6H2,1-3H3/t9-,10?,11?,12-,13?/m1/s1. The summed E-state index contributed by atoms with van der Waals surface area (Å²) in [5.74, 6) is -1.62. The van der Waals surface area contributed by atoms with Crippen LogP contribution in [0.1, 0.15) is 20.8 Å². The van der Waals surface area contributed by atoms with Gasteiger partial charge in [0.05, 0.1) is 0 Å². The van der Waals surface area contributed by atoms with E-state index in [9.17, 15) is 14.7 Å². The molecule has 0 aliphatic carbocycles. The Morgan fingerprint density at radius 1 is 1.41 bits per heavy atom. The van der Waals surface area contributed by atoms with E-state index in [1.807, 2.05) is 0 Å². The number of nitrogens with zero attached hydrogens (tertiary/aromatic N) is 3. The summed E-state index contributed by atoms with van der Waals surface area (Å²) in [6.45, 7) is 4.09. The summed E-state index contributed by atoms with van der Waals surface area (Å²) in [6.07, 6.45) is 0.268. The number of rotatable bonds is 5. The highest BCUT2D eigenvalue weighted by Crippen LogP contribution is 2.31. The molecule has 9 heteroatoms. The molecule has 1 heterocycles. The van der Waals surface area contributed by atoms with Crippen LogP contribution >= 0.6 is 0 Å². The molecule has 0 bridgehead atoms. The Labute approximate surface area is 127 Å². The molecule has 0 aromatic heterocycles. The highest BCUT2D eigenvalue weighted by Gasteiger charge is 2.46. The minimum atomic E-state index is -1.47. The van der Waals surface area contributed by atoms with Crippen LogP contribution in [0.15, 0.2) is 17.3 Å². The van der Waals surface area contributed by atoms with Crippen LogP contribution in [0, 0.1) is 5.92 Å². The molecular formula is C13H19N3O6. The lowest BCUT2D eigenvalue weighted by Gasteiger charge is -2.41. The summed E-state index contributed by atoms with van der Waals surface area (Å²) in [5.41, 5.74) is 8.61. The number of esters is 2. The third kappa shape index (κ3) is 4.73. The molecule has 22 heavy (non-hydrogen) atoms. The molecule has 9 nitrogen and oxygen atoms in total. The number of hydrogen-bond donors (Lipinski definition) is 1. The first-order valence-corrected chi connectivity index (χ1v) is 6.71. The molecular weight excluding hydrogens is 294 g/mol. The van der Waals surface area contributed by atoms with Gasteiger partial charge in [0.25, 0.3) is 0 Å². The first-order valence-electron chi connectivity index (χ1n) is 6.71. The Balaban J connectivity index is 3.08. The number of carbonyl (C=O) groups excluding carboxylic acids is 2. The molecule has 0 aromatic carbocycles. The van der Waals surface area contributed by atoms with E-state index in [2.05, 4.69) is 10.0 Å². The number of hydrogen-bond acceptors (Lipinski definition) is 7. The predicted molar refractivity (Wildman–Crippen MR) is 74.3 cm³/mol. The smallest absolute Gasteiger partial charge is 0.302 e. The first kappa shape index (κ1) is 18.0. The summed E-state index contributed by atoms with van der Waals surface area (Å²) in [6, 6.07) is -1.09. The average Bonchev–Trinajstić information content (AvgIpc) is 2.43. The molecule has 1 saturated heterocycles. The molecule has 1 rings (SSSR count). The van der Waals surface area contributed by atoms with Crippen molar-refractivity contribution in [1.82, 2.24) is 0 Å². The van der Waals surface area contributed by atoms with E-state index in [0.29, 0.717) is 0 Å². The highest BCUT2D eigenvalue weighted by atomic mass is 16.6. The third-order valence-corrected chi connectivity index (χ3v) is 3.10. The summed E-state index contributed by atoms with van der Waals surface area (Å²) >= 11 is 0. The van der Waals surface area contributed by atoms with Crippen molar-refractivity contribution in [3.8, 4) is 0 Å². The molecule has 1 aliphatic rings. The Morgan fingerprint density at radius 2 is 2.09 bits per heavy atom. The van der Waals surface area contributed by atoms with Crippen LogP contribution < -0.4 is 0 Å². The molecule has 0 saturated carbocycles. The Kier molecular flexibility index (Phi) is 6.84. The minimum absolute atomic E-state index is 0.123. The van der Waals surface area contributed by atoms with Gasteiger partial charge in [-0.3, -0.25) is 9.59 Å². The van der Waals surface area contributed by atoms with Gasteiger partial charge in [0.15, 0.2) is 6.29 Å². The second-order valence-electron chi connectivity index (χ2n) is 4.74. The van der Waals surface area contributed by atoms with Gasteiger partial charge >= 0.3 is 11.9 Å². The van der Waals surface area contributed by atoms with Gasteiger partial charge in [-0.25, -0.2) is 0 Å². The maximum Gasteiger partial charge on any atom is 0.302 e. The zero-order valence-electron chi connectivity index (χ0n) is 12.6. The Hall–Kier alpha value is -2.09. The molecule has 0 amide bonds. The van der Waals surface area contributed by atoms with Crippen molar-refractivity contribution < 1.29 is 28.9 Å². The fourth-order valence-corrected chi connectivity index (χ4v) is 2.28. The largest absolute Gasteiger partial charge is 0.463 e. The number of ether oxygens (including phenoxy) is 3. The van der Waals surface area contributed by atoms with Gasteiger partial charge in [0, 0.05) is 24.7 Å². The van der Waals surface area contributed by atoms with Crippen LogP contribution in [0.4, 0.5) is 0 Å². The third-order valence-electron chi connectivity index (χ3n) is 3.10. The van der Waals surface area contributed by atoms with E-state index in [0.717, 1.165) is 0 Å². The fourth-order valence-electron chi connectivity index (χ4n) is 2.28. The fraction of sp³-hybridized carbons (Fsp3) is 0.692. The van der Waals surface area contributed by atoms with Crippen molar-refractivity contribution in [1.29, 1.82) is 0 Å². The van der Waals surface area contributed by atoms with E-state index in [1.165, 1.54) is 13.8 Å². The number of aliphatic hydroxyl groups is 1. The molecule has 5 atom stereocenters. The maximum absolute atomic E-state index is 11.3. The van der Waals surface area contributed by atoms with Crippen LogP contribution in [0.3, 0.4) is 0 Å². The highest BCUT2D eigenvalue weighted by molar-refractivity contribution is 5.66. The molecule has 0 radical (unpaired) electrons. The quantitative estimate of drug-likeness (QED) is 0.265. The van der Waals surface area contributed by atoms with Crippen LogP contribution in [0.2, 0.25) is 0 Å². The average molecular weight is 313 g/mol. The van der Waals surface area contributed by atoms with Crippen molar-refractivity contribution in [2.75, 3.05) is 6.61 Å². The zero-order valence-corrected chi connectivity index (χ0v) is 12.6. The van der Waals surface area contributed by atoms with Crippen LogP contribution in [-0.2, 0) is 23.8 Å². The predicted octanol–water partition coefficient (Wildman–Crippen LogP) is 1.07. The molecule has 1 aliphatic heterocycles. The normalized spacial score (nSPS) is 31.4. The zero-order chi connectivity index (χ0) is 16.7. The summed E-state index contributed by atoms with van der Waals surface area (Å²) in [7, 11) is 0. The lowest BCUT2D eigenvalue weighted by Crippen LogP contribution is -2.55. The Morgan fingerprint density at radius 3 is 2.59 bits per heavy atom. The second kappa shape index (κ2) is 8.38. The van der Waals surface area contributed by atoms with E-state index in [-0.39, 0.29) is 6.61 Å². The molecule has 3 unspecified atom stereocenters. The Bertz CT molecular complexity index is 488. The van der Waals surface area contributed by atoms with E-state index in [1.54, 1.807) is 19.1 Å². The SMILES string of the molecule is CC=C[C@@H]1C(COC(C)=O)OC(O)C(N=[N+]=[N-])[C@@H]1OC(C)=O. The summed E-state index contributed by atoms with van der Waals surface area (Å²) in [4.78, 5) is 24.9. The van der Waals surface area contributed by atoms with Gasteiger partial charge in [0.1, 0.15) is 24.9 Å². The molecule has 122 valence electrons. The number of aliphatic hydroxyl groups excluding tert-OH is 1. The molecule has 0 spiro atoms. The van der Waals surface area contributed by atoms with E-state index < -0.39 is 42.4 Å². The van der Waals surface area contributed by atoms with Crippen molar-refractivity contribution in [2.45, 2.75) is 45.3 Å². The lowest BCUT2D eigenvalue weighted by atomic mass is 9.87. The van der Waals surface area contributed by atoms with Gasteiger partial charge < -0.3 is 19.3 Å². The topological polar surface area (TPSA) is 131 Å². The van der Waals surface area contributed by atoms with E-state index >= 15 is 0 Å². The minimum Gasteiger partial charge on any atom is -0.463 e. The van der Waals surface area contributed by atoms with Gasteiger partial charge in [0.2, 0.25) is 0 Å². The summed E-state index contributed by atoms with van der Waals surface area (Å²) < 4.78 is 15.4. The first-order chi connectivity index (χ1) is 10.4. The number of azide groups is 1. The number of allylic oxidation sites excluding steroid dienone is 1. The van der Waals surface area contributed by atoms with Crippen LogP contribution in [0.25, 0.3) is 10.4 Å². The molecule has 1 fully saturated rings. The van der Waals surface area contributed by atoms with Crippen molar-refractivity contribution >= 4 is 11.9 Å². The monoisotopic (exact) mass is 313 g/mol. The van der Waals surface area contributed by atoms with Gasteiger partial charge in [-0.2, -0.15) is 0 Å². The second-order valence-corrected chi connectivity index (χ2v) is 4.74. The molecule has 0 aromatic rings. The van der Waals surface area contributed by atoms with Crippen molar-refractivity contribution in [3.63, 3.8) is 0 Å². The van der Waals surface area contributed by atoms with Gasteiger partial charge in [-0.05, 0) is 12.5 Å². The lowest BCUT2D eigenvalue weighted by molar-refractivity contribution is -0.233. The number of carbonyl (C=O) groups is 2. The van der Waals surface area contributed by atoms with Gasteiger partial charge in [-0.15, -0.1) is 0 Å².